The first-order chi connectivity index (χ1) is 13.4. The number of hydrogen-bond donors (Lipinski definition) is 3. The zero-order valence-electron chi connectivity index (χ0n) is 15.9. The van der Waals surface area contributed by atoms with E-state index in [1.54, 1.807) is 12.1 Å². The Labute approximate surface area is 163 Å². The summed E-state index contributed by atoms with van der Waals surface area (Å²) in [5.74, 6) is 0.943. The van der Waals surface area contributed by atoms with E-state index in [0.717, 1.165) is 22.8 Å². The number of carbonyl (C=O) groups is 2. The van der Waals surface area contributed by atoms with Gasteiger partial charge >= 0.3 is 0 Å². The number of carbonyl (C=O) groups excluding carboxylic acids is 2. The van der Waals surface area contributed by atoms with Crippen molar-refractivity contribution in [3.63, 3.8) is 0 Å². The summed E-state index contributed by atoms with van der Waals surface area (Å²) in [5.41, 5.74) is 3.71. The first-order valence-electron chi connectivity index (χ1n) is 8.77. The topological polar surface area (TPSA) is 96.0 Å². The van der Waals surface area contributed by atoms with Gasteiger partial charge in [0.2, 0.25) is 11.9 Å². The van der Waals surface area contributed by atoms with E-state index in [1.807, 2.05) is 49.4 Å². The number of nitrogens with zero attached hydrogens (tertiary/aromatic N) is 2. The number of hydrogen-bond acceptors (Lipinski definition) is 6. The lowest BCUT2D eigenvalue weighted by atomic mass is 10.1. The predicted octanol–water partition coefficient (Wildman–Crippen LogP) is 4.43. The van der Waals surface area contributed by atoms with Crippen molar-refractivity contribution >= 4 is 40.5 Å². The first-order valence-corrected chi connectivity index (χ1v) is 8.77. The van der Waals surface area contributed by atoms with Gasteiger partial charge in [0.05, 0.1) is 0 Å². The van der Waals surface area contributed by atoms with Crippen molar-refractivity contribution in [2.75, 3.05) is 16.0 Å². The summed E-state index contributed by atoms with van der Waals surface area (Å²) < 4.78 is 0. The highest BCUT2D eigenvalue weighted by Crippen LogP contribution is 2.21. The highest BCUT2D eigenvalue weighted by atomic mass is 16.1. The Morgan fingerprint density at radius 2 is 1.54 bits per heavy atom. The quantitative estimate of drug-likeness (QED) is 0.552. The molecule has 0 saturated heterocycles. The molecule has 0 aliphatic carbocycles. The number of amides is 1. The molecule has 7 heteroatoms. The Bertz CT molecular complexity index is 1020. The molecule has 142 valence electrons. The average Bonchev–Trinajstić information content (AvgIpc) is 2.62. The van der Waals surface area contributed by atoms with Gasteiger partial charge in [-0.2, -0.15) is 4.98 Å². The Kier molecular flexibility index (Phi) is 5.64. The van der Waals surface area contributed by atoms with E-state index in [9.17, 15) is 9.59 Å². The number of rotatable bonds is 6. The molecule has 0 aliphatic heterocycles. The van der Waals surface area contributed by atoms with Gasteiger partial charge in [-0.1, -0.05) is 12.1 Å². The molecule has 3 N–H and O–H groups in total. The van der Waals surface area contributed by atoms with Gasteiger partial charge < -0.3 is 16.0 Å². The number of Topliss-reactive ketones (excluding diaryl/α,β-unsaturated/α-hetero) is 1. The molecule has 0 bridgehead atoms. The van der Waals surface area contributed by atoms with Gasteiger partial charge in [0.1, 0.15) is 5.82 Å². The zero-order valence-corrected chi connectivity index (χ0v) is 15.9. The summed E-state index contributed by atoms with van der Waals surface area (Å²) in [6, 6.07) is 16.4. The summed E-state index contributed by atoms with van der Waals surface area (Å²) in [6.45, 7) is 4.88. The van der Waals surface area contributed by atoms with Gasteiger partial charge in [0.15, 0.2) is 5.78 Å². The van der Waals surface area contributed by atoms with Gasteiger partial charge in [0.25, 0.3) is 0 Å². The van der Waals surface area contributed by atoms with Crippen molar-refractivity contribution in [2.45, 2.75) is 20.8 Å². The molecule has 0 saturated carbocycles. The van der Waals surface area contributed by atoms with Crippen LogP contribution in [0.25, 0.3) is 0 Å². The van der Waals surface area contributed by atoms with Crippen molar-refractivity contribution in [1.29, 1.82) is 0 Å². The van der Waals surface area contributed by atoms with E-state index in [0.29, 0.717) is 17.3 Å². The van der Waals surface area contributed by atoms with Gasteiger partial charge in [0, 0.05) is 41.3 Å². The maximum absolute atomic E-state index is 11.6. The minimum Gasteiger partial charge on any atom is -0.340 e. The number of benzene rings is 2. The number of anilines is 5. The average molecular weight is 375 g/mol. The number of aryl methyl sites for hydroxylation is 1. The molecule has 7 nitrogen and oxygen atoms in total. The lowest BCUT2D eigenvalue weighted by Crippen LogP contribution is -2.05. The second-order valence-electron chi connectivity index (χ2n) is 6.36. The maximum Gasteiger partial charge on any atom is 0.229 e. The molecular formula is C21H21N5O2. The SMILES string of the molecule is CC(=O)Nc1ccc(Nc2cc(C)nc(Nc3cccc(C(C)=O)c3)n2)cc1. The first kappa shape index (κ1) is 19.0. The van der Waals surface area contributed by atoms with E-state index in [1.165, 1.54) is 13.8 Å². The summed E-state index contributed by atoms with van der Waals surface area (Å²) in [5, 5.41) is 9.09. The largest absolute Gasteiger partial charge is 0.340 e. The molecule has 3 rings (SSSR count). The minimum atomic E-state index is -0.114. The smallest absolute Gasteiger partial charge is 0.229 e. The second kappa shape index (κ2) is 8.30. The van der Waals surface area contributed by atoms with E-state index in [4.69, 9.17) is 0 Å². The maximum atomic E-state index is 11.6. The fraction of sp³-hybridized carbons (Fsp3) is 0.143. The van der Waals surface area contributed by atoms with Crippen molar-refractivity contribution in [3.8, 4) is 0 Å². The van der Waals surface area contributed by atoms with Crippen LogP contribution in [0.3, 0.4) is 0 Å². The Morgan fingerprint density at radius 3 is 2.21 bits per heavy atom. The fourth-order valence-corrected chi connectivity index (χ4v) is 2.62. The molecule has 1 aromatic heterocycles. The Balaban J connectivity index is 1.77. The van der Waals surface area contributed by atoms with Crippen molar-refractivity contribution in [3.05, 3.63) is 65.9 Å². The van der Waals surface area contributed by atoms with Gasteiger partial charge in [-0.25, -0.2) is 4.98 Å². The summed E-state index contributed by atoms with van der Waals surface area (Å²) in [4.78, 5) is 31.5. The van der Waals surface area contributed by atoms with E-state index in [2.05, 4.69) is 25.9 Å². The second-order valence-corrected chi connectivity index (χ2v) is 6.36. The van der Waals surface area contributed by atoms with Crippen LogP contribution >= 0.6 is 0 Å². The fourth-order valence-electron chi connectivity index (χ4n) is 2.62. The highest BCUT2D eigenvalue weighted by Gasteiger charge is 2.06. The third kappa shape index (κ3) is 5.14. The van der Waals surface area contributed by atoms with E-state index < -0.39 is 0 Å². The molecule has 28 heavy (non-hydrogen) atoms. The number of aromatic nitrogens is 2. The molecule has 0 aliphatic rings. The summed E-state index contributed by atoms with van der Waals surface area (Å²) in [7, 11) is 0. The van der Waals surface area contributed by atoms with Crippen LogP contribution < -0.4 is 16.0 Å². The summed E-state index contributed by atoms with van der Waals surface area (Å²) in [6.07, 6.45) is 0. The molecule has 1 heterocycles. The lowest BCUT2D eigenvalue weighted by Gasteiger charge is -2.11. The van der Waals surface area contributed by atoms with E-state index >= 15 is 0 Å². The van der Waals surface area contributed by atoms with Crippen molar-refractivity contribution < 1.29 is 9.59 Å². The standard InChI is InChI=1S/C21H21N5O2/c1-13-11-20(24-18-9-7-17(8-10-18)23-15(3)28)26-21(22-13)25-19-6-4-5-16(12-19)14(2)27/h4-12H,1-3H3,(H,23,28)(H2,22,24,25,26). The molecule has 1 amide bonds. The predicted molar refractivity (Wildman–Crippen MR) is 111 cm³/mol. The Hall–Kier alpha value is -3.74. The molecule has 3 aromatic rings. The van der Waals surface area contributed by atoms with Crippen LogP contribution in [0, 0.1) is 6.92 Å². The molecule has 0 atom stereocenters. The number of nitrogens with one attached hydrogen (secondary N) is 3. The van der Waals surface area contributed by atoms with Gasteiger partial charge in [-0.3, -0.25) is 9.59 Å². The van der Waals surface area contributed by atoms with Crippen LogP contribution in [0.1, 0.15) is 29.9 Å². The molecular weight excluding hydrogens is 354 g/mol. The van der Waals surface area contributed by atoms with Crippen molar-refractivity contribution in [2.24, 2.45) is 0 Å². The minimum absolute atomic E-state index is 0.00104. The van der Waals surface area contributed by atoms with Gasteiger partial charge in [-0.05, 0) is 50.2 Å². The third-order valence-electron chi connectivity index (χ3n) is 3.86. The van der Waals surface area contributed by atoms with Crippen LogP contribution in [0.2, 0.25) is 0 Å². The van der Waals surface area contributed by atoms with Crippen LogP contribution in [0.5, 0.6) is 0 Å². The molecule has 0 spiro atoms. The van der Waals surface area contributed by atoms with Crippen LogP contribution in [0.4, 0.5) is 28.8 Å². The summed E-state index contributed by atoms with van der Waals surface area (Å²) >= 11 is 0. The monoisotopic (exact) mass is 375 g/mol. The molecule has 0 unspecified atom stereocenters. The normalized spacial score (nSPS) is 10.2. The Morgan fingerprint density at radius 1 is 0.821 bits per heavy atom. The van der Waals surface area contributed by atoms with E-state index in [-0.39, 0.29) is 11.7 Å². The van der Waals surface area contributed by atoms with Gasteiger partial charge in [-0.15, -0.1) is 0 Å². The third-order valence-corrected chi connectivity index (χ3v) is 3.86. The van der Waals surface area contributed by atoms with Crippen molar-refractivity contribution in [1.82, 2.24) is 9.97 Å². The lowest BCUT2D eigenvalue weighted by molar-refractivity contribution is -0.114. The molecule has 0 fully saturated rings. The molecule has 0 radical (unpaired) electrons. The number of ketones is 1. The highest BCUT2D eigenvalue weighted by molar-refractivity contribution is 5.95. The van der Waals surface area contributed by atoms with Crippen LogP contribution in [-0.2, 0) is 4.79 Å². The van der Waals surface area contributed by atoms with Crippen LogP contribution in [-0.4, -0.2) is 21.7 Å². The zero-order chi connectivity index (χ0) is 20.1. The van der Waals surface area contributed by atoms with Crippen LogP contribution in [0.15, 0.2) is 54.6 Å². The molecule has 2 aromatic carbocycles.